The summed E-state index contributed by atoms with van der Waals surface area (Å²) in [6.07, 6.45) is -14.8. The molecule has 1 aromatic carbocycles. The zero-order valence-electron chi connectivity index (χ0n) is 15.4. The number of halogens is 9. The Bertz CT molecular complexity index is 1150. The number of carbonyl (C=O) groups is 1. The number of carbonyl (C=O) groups excluding carboxylic acids is 1. The Morgan fingerprint density at radius 2 is 1.56 bits per heavy atom. The number of fused-ring (bicyclic) bond motifs is 1. The van der Waals surface area contributed by atoms with Crippen LogP contribution in [0.4, 0.5) is 39.5 Å². The first-order chi connectivity index (χ1) is 14.7. The van der Waals surface area contributed by atoms with E-state index in [9.17, 15) is 44.3 Å². The van der Waals surface area contributed by atoms with Gasteiger partial charge >= 0.3 is 24.5 Å². The molecule has 0 unspecified atom stereocenters. The van der Waals surface area contributed by atoms with Crippen molar-refractivity contribution in [2.45, 2.75) is 25.1 Å². The number of hydrogen-bond donors (Lipinski definition) is 0. The Balaban J connectivity index is 2.41. The van der Waals surface area contributed by atoms with Crippen molar-refractivity contribution in [3.05, 3.63) is 59.4 Å². The van der Waals surface area contributed by atoms with Crippen molar-refractivity contribution in [2.24, 2.45) is 0 Å². The number of hydrogen-bond acceptors (Lipinski definition) is 4. The third-order valence-corrected chi connectivity index (χ3v) is 4.20. The molecule has 0 bridgehead atoms. The normalized spacial score (nSPS) is 12.8. The molecule has 0 aliphatic heterocycles. The standard InChI is InChI=1S/C19H9F9N2O2/c20-17(21,22)11-5-3-4-9-10(8-32-16(31)19(26,27)28)13(12-6-1-2-7-29-12)15(18(23,24)25)30-14(9)11/h1-7H,8H2. The molecule has 2 heterocycles. The van der Waals surface area contributed by atoms with Crippen LogP contribution in [-0.2, 0) is 28.5 Å². The lowest BCUT2D eigenvalue weighted by Gasteiger charge is -2.20. The van der Waals surface area contributed by atoms with E-state index in [1.54, 1.807) is 0 Å². The Labute approximate surface area is 172 Å². The van der Waals surface area contributed by atoms with Crippen LogP contribution in [0.15, 0.2) is 42.6 Å². The topological polar surface area (TPSA) is 52.1 Å². The van der Waals surface area contributed by atoms with Gasteiger partial charge in [0, 0.05) is 22.7 Å². The van der Waals surface area contributed by atoms with E-state index in [2.05, 4.69) is 14.7 Å². The van der Waals surface area contributed by atoms with E-state index in [0.29, 0.717) is 6.07 Å². The Kier molecular flexibility index (Phi) is 5.78. The van der Waals surface area contributed by atoms with Crippen LogP contribution >= 0.6 is 0 Å². The molecule has 0 N–H and O–H groups in total. The van der Waals surface area contributed by atoms with Gasteiger partial charge in [-0.05, 0) is 18.2 Å². The molecule has 0 spiro atoms. The molecule has 170 valence electrons. The van der Waals surface area contributed by atoms with Crippen molar-refractivity contribution in [1.29, 1.82) is 0 Å². The number of alkyl halides is 9. The molecule has 32 heavy (non-hydrogen) atoms. The van der Waals surface area contributed by atoms with Crippen LogP contribution in [0.25, 0.3) is 22.2 Å². The van der Waals surface area contributed by atoms with Crippen molar-refractivity contribution in [2.75, 3.05) is 0 Å². The molecule has 3 aromatic rings. The van der Waals surface area contributed by atoms with Gasteiger partial charge in [-0.2, -0.15) is 39.5 Å². The van der Waals surface area contributed by atoms with Gasteiger partial charge in [-0.3, -0.25) is 4.98 Å². The van der Waals surface area contributed by atoms with Crippen LogP contribution in [0.1, 0.15) is 16.8 Å². The summed E-state index contributed by atoms with van der Waals surface area (Å²) < 4.78 is 123. The summed E-state index contributed by atoms with van der Waals surface area (Å²) in [5, 5.41) is -0.580. The third-order valence-electron chi connectivity index (χ3n) is 4.20. The van der Waals surface area contributed by atoms with Crippen LogP contribution in [0.5, 0.6) is 0 Å². The summed E-state index contributed by atoms with van der Waals surface area (Å²) in [4.78, 5) is 18.0. The molecule has 3 rings (SSSR count). The zero-order valence-corrected chi connectivity index (χ0v) is 15.4. The second-order valence-electron chi connectivity index (χ2n) is 6.30. The van der Waals surface area contributed by atoms with Gasteiger partial charge in [0.05, 0.1) is 16.8 Å². The first kappa shape index (κ1) is 23.3. The highest BCUT2D eigenvalue weighted by molar-refractivity contribution is 5.92. The van der Waals surface area contributed by atoms with Gasteiger partial charge in [-0.1, -0.05) is 18.2 Å². The molecule has 0 aliphatic carbocycles. The highest BCUT2D eigenvalue weighted by atomic mass is 19.4. The van der Waals surface area contributed by atoms with E-state index in [-0.39, 0.29) is 0 Å². The molecule has 0 saturated heterocycles. The van der Waals surface area contributed by atoms with Gasteiger partial charge in [-0.15, -0.1) is 0 Å². The van der Waals surface area contributed by atoms with Crippen LogP contribution in [0, 0.1) is 0 Å². The maximum Gasteiger partial charge on any atom is 0.490 e. The molecule has 0 atom stereocenters. The van der Waals surface area contributed by atoms with Crippen LogP contribution in [0.2, 0.25) is 0 Å². The van der Waals surface area contributed by atoms with Crippen molar-refractivity contribution in [3.8, 4) is 11.3 Å². The summed E-state index contributed by atoms with van der Waals surface area (Å²) in [5.41, 5.74) is -6.63. The van der Waals surface area contributed by atoms with Crippen molar-refractivity contribution in [3.63, 3.8) is 0 Å². The van der Waals surface area contributed by atoms with Crippen LogP contribution in [0.3, 0.4) is 0 Å². The number of ether oxygens (including phenoxy) is 1. The first-order valence-corrected chi connectivity index (χ1v) is 8.46. The minimum absolute atomic E-state index is 0.440. The summed E-state index contributed by atoms with van der Waals surface area (Å²) >= 11 is 0. The number of pyridine rings is 2. The first-order valence-electron chi connectivity index (χ1n) is 8.46. The quantitative estimate of drug-likeness (QED) is 0.353. The van der Waals surface area contributed by atoms with Gasteiger partial charge in [0.15, 0.2) is 5.69 Å². The molecular weight excluding hydrogens is 459 g/mol. The van der Waals surface area contributed by atoms with E-state index < -0.39 is 70.1 Å². The fourth-order valence-electron chi connectivity index (χ4n) is 2.94. The fraction of sp³-hybridized carbons (Fsp3) is 0.211. The predicted octanol–water partition coefficient (Wildman–Crippen LogP) is 5.94. The lowest BCUT2D eigenvalue weighted by Crippen LogP contribution is -2.25. The van der Waals surface area contributed by atoms with Crippen molar-refractivity contribution in [1.82, 2.24) is 9.97 Å². The highest BCUT2D eigenvalue weighted by Crippen LogP contribution is 2.43. The molecule has 2 aromatic heterocycles. The van der Waals surface area contributed by atoms with Gasteiger partial charge < -0.3 is 4.74 Å². The molecule has 0 saturated carbocycles. The van der Waals surface area contributed by atoms with Gasteiger partial charge in [0.2, 0.25) is 0 Å². The third kappa shape index (κ3) is 4.60. The zero-order chi connectivity index (χ0) is 23.9. The monoisotopic (exact) mass is 468 g/mol. The van der Waals surface area contributed by atoms with Crippen molar-refractivity contribution < 1.29 is 49.0 Å². The summed E-state index contributed by atoms with van der Waals surface area (Å²) in [6, 6.07) is 5.89. The van der Waals surface area contributed by atoms with Gasteiger partial charge in [0.25, 0.3) is 0 Å². The maximum absolute atomic E-state index is 13.8. The molecule has 0 fully saturated rings. The molecule has 0 amide bonds. The van der Waals surface area contributed by atoms with E-state index in [4.69, 9.17) is 0 Å². The number of esters is 1. The van der Waals surface area contributed by atoms with E-state index in [1.807, 2.05) is 0 Å². The lowest BCUT2D eigenvalue weighted by atomic mass is 9.95. The number of nitrogens with zero attached hydrogens (tertiary/aromatic N) is 2. The second kappa shape index (κ2) is 7.95. The Morgan fingerprint density at radius 1 is 0.875 bits per heavy atom. The van der Waals surface area contributed by atoms with E-state index in [0.717, 1.165) is 24.4 Å². The van der Waals surface area contributed by atoms with Crippen molar-refractivity contribution >= 4 is 16.9 Å². The maximum atomic E-state index is 13.8. The average molecular weight is 468 g/mol. The molecule has 13 heteroatoms. The Morgan fingerprint density at radius 3 is 2.09 bits per heavy atom. The van der Waals surface area contributed by atoms with Crippen LogP contribution < -0.4 is 0 Å². The average Bonchev–Trinajstić information content (AvgIpc) is 2.69. The fourth-order valence-corrected chi connectivity index (χ4v) is 2.94. The van der Waals surface area contributed by atoms with E-state index >= 15 is 0 Å². The highest BCUT2D eigenvalue weighted by Gasteiger charge is 2.43. The number of benzene rings is 1. The largest absolute Gasteiger partial charge is 0.490 e. The molecule has 0 aliphatic rings. The minimum atomic E-state index is -5.47. The smallest absolute Gasteiger partial charge is 0.454 e. The SMILES string of the molecule is O=C(OCc1c(-c2ccccn2)c(C(F)(F)F)nc2c(C(F)(F)F)cccc12)C(F)(F)F. The predicted molar refractivity (Wildman–Crippen MR) is 90.8 cm³/mol. The van der Waals surface area contributed by atoms with Gasteiger partial charge in [0.1, 0.15) is 6.61 Å². The molecular formula is C19H9F9N2O2. The molecule has 0 radical (unpaired) electrons. The molecule has 4 nitrogen and oxygen atoms in total. The number of para-hydroxylation sites is 1. The summed E-state index contributed by atoms with van der Waals surface area (Å²) in [5.74, 6) is -2.73. The number of rotatable bonds is 3. The second-order valence-corrected chi connectivity index (χ2v) is 6.30. The number of aromatic nitrogens is 2. The van der Waals surface area contributed by atoms with E-state index in [1.165, 1.54) is 12.1 Å². The Hall–Kier alpha value is -3.38. The van der Waals surface area contributed by atoms with Crippen LogP contribution in [-0.4, -0.2) is 22.1 Å². The summed E-state index contributed by atoms with van der Waals surface area (Å²) in [6.45, 7) is -1.41. The lowest BCUT2D eigenvalue weighted by molar-refractivity contribution is -0.201. The minimum Gasteiger partial charge on any atom is -0.454 e. The summed E-state index contributed by atoms with van der Waals surface area (Å²) in [7, 11) is 0. The van der Waals surface area contributed by atoms with Gasteiger partial charge in [-0.25, -0.2) is 9.78 Å².